The van der Waals surface area contributed by atoms with Gasteiger partial charge >= 0.3 is 0 Å². The maximum atomic E-state index is 10.6. The fourth-order valence-corrected chi connectivity index (χ4v) is 3.05. The summed E-state index contributed by atoms with van der Waals surface area (Å²) in [6, 6.07) is 0. The van der Waals surface area contributed by atoms with Crippen LogP contribution < -0.4 is 0 Å². The van der Waals surface area contributed by atoms with Gasteiger partial charge in [-0.25, -0.2) is 4.98 Å². The molecule has 0 amide bonds. The molecule has 0 bridgehead atoms. The van der Waals surface area contributed by atoms with Gasteiger partial charge in [0.15, 0.2) is 0 Å². The monoisotopic (exact) mass is 195 g/mol. The van der Waals surface area contributed by atoms with Crippen LogP contribution in [-0.4, -0.2) is 10.1 Å². The van der Waals surface area contributed by atoms with E-state index in [0.717, 1.165) is 5.01 Å². The molecule has 0 saturated heterocycles. The van der Waals surface area contributed by atoms with Crippen molar-refractivity contribution in [2.75, 3.05) is 0 Å². The molecule has 0 atom stereocenters. The lowest BCUT2D eigenvalue weighted by atomic mass is 9.93. The molecule has 3 rings (SSSR count). The minimum absolute atomic E-state index is 0.506. The second-order valence-electron chi connectivity index (χ2n) is 4.21. The second-order valence-corrected chi connectivity index (χ2v) is 5.11. The molecule has 2 nitrogen and oxygen atoms in total. The third kappa shape index (κ3) is 1.14. The fraction of sp³-hybridized carbons (Fsp3) is 0.700. The van der Waals surface area contributed by atoms with E-state index in [-0.39, 0.29) is 0 Å². The predicted octanol–water partition coefficient (Wildman–Crippen LogP) is 2.15. The molecule has 1 aromatic rings. The van der Waals surface area contributed by atoms with Crippen LogP contribution in [0, 0.1) is 11.8 Å². The van der Waals surface area contributed by atoms with E-state index >= 15 is 0 Å². The van der Waals surface area contributed by atoms with E-state index < -0.39 is 5.60 Å². The topological polar surface area (TPSA) is 33.1 Å². The number of rotatable bonds is 3. The smallest absolute Gasteiger partial charge is 0.125 e. The highest BCUT2D eigenvalue weighted by molar-refractivity contribution is 7.09. The molecule has 0 unspecified atom stereocenters. The molecule has 0 radical (unpaired) electrons. The zero-order chi connectivity index (χ0) is 8.89. The van der Waals surface area contributed by atoms with Gasteiger partial charge in [-0.1, -0.05) is 0 Å². The van der Waals surface area contributed by atoms with Crippen LogP contribution in [-0.2, 0) is 5.60 Å². The Hall–Kier alpha value is -0.410. The molecule has 13 heavy (non-hydrogen) atoms. The van der Waals surface area contributed by atoms with Crippen molar-refractivity contribution in [2.45, 2.75) is 31.3 Å². The number of aliphatic hydroxyl groups is 1. The first-order chi connectivity index (χ1) is 6.32. The number of hydrogen-bond donors (Lipinski definition) is 1. The summed E-state index contributed by atoms with van der Waals surface area (Å²) < 4.78 is 0. The van der Waals surface area contributed by atoms with Crippen LogP contribution in [0.25, 0.3) is 0 Å². The van der Waals surface area contributed by atoms with Crippen LogP contribution in [0.15, 0.2) is 11.6 Å². The Balaban J connectivity index is 1.97. The van der Waals surface area contributed by atoms with Crippen LogP contribution in [0.3, 0.4) is 0 Å². The molecule has 2 fully saturated rings. The first-order valence-electron chi connectivity index (χ1n) is 4.94. The van der Waals surface area contributed by atoms with Crippen LogP contribution in [0.2, 0.25) is 0 Å². The highest BCUT2D eigenvalue weighted by Crippen LogP contribution is 2.57. The molecule has 3 heteroatoms. The molecular weight excluding hydrogens is 182 g/mol. The summed E-state index contributed by atoms with van der Waals surface area (Å²) in [5.74, 6) is 1.01. The van der Waals surface area contributed by atoms with Gasteiger partial charge in [0, 0.05) is 11.6 Å². The Bertz CT molecular complexity index is 289. The highest BCUT2D eigenvalue weighted by Gasteiger charge is 2.55. The first kappa shape index (κ1) is 7.94. The summed E-state index contributed by atoms with van der Waals surface area (Å²) in [4.78, 5) is 4.28. The Morgan fingerprint density at radius 3 is 2.31 bits per heavy atom. The second kappa shape index (κ2) is 2.55. The summed E-state index contributed by atoms with van der Waals surface area (Å²) in [5, 5.41) is 13.5. The number of nitrogens with zero attached hydrogens (tertiary/aromatic N) is 1. The average molecular weight is 195 g/mol. The van der Waals surface area contributed by atoms with Crippen molar-refractivity contribution >= 4 is 11.3 Å². The van der Waals surface area contributed by atoms with Crippen molar-refractivity contribution in [3.8, 4) is 0 Å². The average Bonchev–Trinajstić information content (AvgIpc) is 3.01. The van der Waals surface area contributed by atoms with E-state index in [1.165, 1.54) is 25.7 Å². The zero-order valence-corrected chi connectivity index (χ0v) is 8.26. The molecule has 0 aromatic carbocycles. The van der Waals surface area contributed by atoms with Gasteiger partial charge in [-0.05, 0) is 37.5 Å². The molecule has 70 valence electrons. The van der Waals surface area contributed by atoms with Crippen molar-refractivity contribution in [3.63, 3.8) is 0 Å². The summed E-state index contributed by atoms with van der Waals surface area (Å²) in [7, 11) is 0. The highest BCUT2D eigenvalue weighted by atomic mass is 32.1. The summed E-state index contributed by atoms with van der Waals surface area (Å²) in [5.41, 5.74) is -0.547. The van der Waals surface area contributed by atoms with E-state index in [9.17, 15) is 5.11 Å². The number of hydrogen-bond acceptors (Lipinski definition) is 3. The van der Waals surface area contributed by atoms with Crippen LogP contribution in [0.4, 0.5) is 0 Å². The van der Waals surface area contributed by atoms with E-state index in [1.807, 2.05) is 5.38 Å². The van der Waals surface area contributed by atoms with Gasteiger partial charge < -0.3 is 5.11 Å². The Kier molecular flexibility index (Phi) is 1.56. The zero-order valence-electron chi connectivity index (χ0n) is 7.44. The first-order valence-corrected chi connectivity index (χ1v) is 5.82. The molecule has 1 heterocycles. The van der Waals surface area contributed by atoms with Crippen molar-refractivity contribution in [1.29, 1.82) is 0 Å². The molecule has 0 aliphatic heterocycles. The van der Waals surface area contributed by atoms with Gasteiger partial charge in [-0.2, -0.15) is 0 Å². The van der Waals surface area contributed by atoms with Crippen LogP contribution in [0.1, 0.15) is 30.7 Å². The van der Waals surface area contributed by atoms with Gasteiger partial charge in [0.2, 0.25) is 0 Å². The summed E-state index contributed by atoms with van der Waals surface area (Å²) >= 11 is 1.61. The molecule has 1 N–H and O–H groups in total. The Morgan fingerprint density at radius 2 is 1.92 bits per heavy atom. The van der Waals surface area contributed by atoms with Crippen molar-refractivity contribution in [3.05, 3.63) is 16.6 Å². The van der Waals surface area contributed by atoms with Crippen LogP contribution >= 0.6 is 11.3 Å². The molecule has 0 spiro atoms. The molecule has 2 saturated carbocycles. The lowest BCUT2D eigenvalue weighted by Crippen LogP contribution is -2.30. The lowest BCUT2D eigenvalue weighted by molar-refractivity contribution is -0.0104. The molecule has 2 aliphatic carbocycles. The number of thiazole rings is 1. The standard InChI is InChI=1S/C10H13NOS/c12-10(7-1-2-7,8-3-4-8)9-11-5-6-13-9/h5-8,12H,1-4H2. The Morgan fingerprint density at radius 1 is 1.31 bits per heavy atom. The third-order valence-electron chi connectivity index (χ3n) is 3.17. The van der Waals surface area contributed by atoms with E-state index in [1.54, 1.807) is 17.5 Å². The SMILES string of the molecule is OC(c1nccs1)(C1CC1)C1CC1. The Labute approximate surface area is 81.6 Å². The summed E-state index contributed by atoms with van der Waals surface area (Å²) in [6.07, 6.45) is 6.55. The van der Waals surface area contributed by atoms with Gasteiger partial charge in [-0.3, -0.25) is 0 Å². The van der Waals surface area contributed by atoms with Gasteiger partial charge in [-0.15, -0.1) is 11.3 Å². The van der Waals surface area contributed by atoms with E-state index in [0.29, 0.717) is 11.8 Å². The minimum Gasteiger partial charge on any atom is -0.382 e. The maximum Gasteiger partial charge on any atom is 0.125 e. The van der Waals surface area contributed by atoms with E-state index in [2.05, 4.69) is 4.98 Å². The fourth-order valence-electron chi connectivity index (χ4n) is 2.15. The van der Waals surface area contributed by atoms with Gasteiger partial charge in [0.05, 0.1) is 0 Å². The van der Waals surface area contributed by atoms with Crippen LogP contribution in [0.5, 0.6) is 0 Å². The van der Waals surface area contributed by atoms with Gasteiger partial charge in [0.25, 0.3) is 0 Å². The largest absolute Gasteiger partial charge is 0.382 e. The van der Waals surface area contributed by atoms with Crippen molar-refractivity contribution in [1.82, 2.24) is 4.98 Å². The molecule has 2 aliphatic rings. The minimum atomic E-state index is -0.547. The normalized spacial score (nSPS) is 23.5. The number of aromatic nitrogens is 1. The van der Waals surface area contributed by atoms with Crippen molar-refractivity contribution < 1.29 is 5.11 Å². The quantitative estimate of drug-likeness (QED) is 0.801. The van der Waals surface area contributed by atoms with Gasteiger partial charge in [0.1, 0.15) is 10.6 Å². The maximum absolute atomic E-state index is 10.6. The molecular formula is C10H13NOS. The third-order valence-corrected chi connectivity index (χ3v) is 4.09. The lowest BCUT2D eigenvalue weighted by Gasteiger charge is -2.25. The molecule has 1 aromatic heterocycles. The summed E-state index contributed by atoms with van der Waals surface area (Å²) in [6.45, 7) is 0. The van der Waals surface area contributed by atoms with E-state index in [4.69, 9.17) is 0 Å². The van der Waals surface area contributed by atoms with Crippen molar-refractivity contribution in [2.24, 2.45) is 11.8 Å². The predicted molar refractivity (Wildman–Crippen MR) is 51.5 cm³/mol.